The zero-order valence-corrected chi connectivity index (χ0v) is 12.0. The Kier molecular flexibility index (Phi) is 4.94. The molecule has 0 heterocycles. The monoisotopic (exact) mass is 296 g/mol. The quantitative estimate of drug-likeness (QED) is 0.751. The van der Waals surface area contributed by atoms with Crippen LogP contribution in [0.1, 0.15) is 30.4 Å². The Balaban J connectivity index is 2.50. The molecule has 4 heteroatoms. The van der Waals surface area contributed by atoms with Gasteiger partial charge in [0.15, 0.2) is 0 Å². The van der Waals surface area contributed by atoms with E-state index >= 15 is 0 Å². The predicted octanol–water partition coefficient (Wildman–Crippen LogP) is 0.643. The lowest BCUT2D eigenvalue weighted by atomic mass is 9.71. The first-order chi connectivity index (χ1) is 10.6. The molecular weight excluding hydrogens is 280 g/mol. The molecule has 0 atom stereocenters. The molecule has 0 saturated heterocycles. The van der Waals surface area contributed by atoms with Crippen molar-refractivity contribution in [2.75, 3.05) is 0 Å². The minimum atomic E-state index is -1.36. The number of hydrogen-bond donors (Lipinski definition) is 0. The van der Waals surface area contributed by atoms with Crippen LogP contribution in [0.4, 0.5) is 0 Å². The van der Waals surface area contributed by atoms with Gasteiger partial charge >= 0.3 is 0 Å². The van der Waals surface area contributed by atoms with Gasteiger partial charge in [-0.1, -0.05) is 60.7 Å². The van der Waals surface area contributed by atoms with Crippen LogP contribution >= 0.6 is 0 Å². The molecule has 0 radical (unpaired) electrons. The fraction of sp³-hybridized carbons (Fsp3) is 0.222. The highest BCUT2D eigenvalue weighted by Crippen LogP contribution is 2.36. The highest BCUT2D eigenvalue weighted by atomic mass is 16.4. The lowest BCUT2D eigenvalue weighted by Crippen LogP contribution is -2.47. The van der Waals surface area contributed by atoms with E-state index in [9.17, 15) is 19.8 Å². The fourth-order valence-corrected chi connectivity index (χ4v) is 2.74. The van der Waals surface area contributed by atoms with Crippen molar-refractivity contribution in [2.24, 2.45) is 0 Å². The maximum Gasteiger partial charge on any atom is 0.0597 e. The second-order valence-corrected chi connectivity index (χ2v) is 5.15. The maximum atomic E-state index is 12.0. The molecule has 2 rings (SSSR count). The third-order valence-electron chi connectivity index (χ3n) is 3.81. The van der Waals surface area contributed by atoms with Gasteiger partial charge in [-0.05, 0) is 30.4 Å². The molecule has 22 heavy (non-hydrogen) atoms. The van der Waals surface area contributed by atoms with E-state index in [0.717, 1.165) is 0 Å². The SMILES string of the molecule is O=C([O-])CCCC(C(=O)[O-])(c1ccccc1)c1ccccc1. The summed E-state index contributed by atoms with van der Waals surface area (Å²) in [5.74, 6) is -2.42. The Labute approximate surface area is 129 Å². The van der Waals surface area contributed by atoms with Crippen molar-refractivity contribution in [1.82, 2.24) is 0 Å². The smallest absolute Gasteiger partial charge is 0.0597 e. The van der Waals surface area contributed by atoms with E-state index in [1.165, 1.54) is 0 Å². The second kappa shape index (κ2) is 6.89. The zero-order chi connectivity index (χ0) is 16.0. The summed E-state index contributed by atoms with van der Waals surface area (Å²) in [4.78, 5) is 22.7. The molecule has 0 fully saturated rings. The van der Waals surface area contributed by atoms with Crippen molar-refractivity contribution in [2.45, 2.75) is 24.7 Å². The number of benzene rings is 2. The van der Waals surface area contributed by atoms with Gasteiger partial charge in [-0.2, -0.15) is 0 Å². The van der Waals surface area contributed by atoms with Crippen LogP contribution < -0.4 is 10.2 Å². The first-order valence-corrected chi connectivity index (χ1v) is 7.09. The molecule has 0 bridgehead atoms. The lowest BCUT2D eigenvalue weighted by Gasteiger charge is -2.36. The standard InChI is InChI=1S/C18H18O4/c19-16(20)12-7-13-18(17(21)22,14-8-3-1-4-9-14)15-10-5-2-6-11-15/h1-6,8-11H,7,12-13H2,(H,19,20)(H,21,22)/p-2. The van der Waals surface area contributed by atoms with E-state index in [0.29, 0.717) is 11.1 Å². The summed E-state index contributed by atoms with van der Waals surface area (Å²) in [7, 11) is 0. The van der Waals surface area contributed by atoms with E-state index in [1.54, 1.807) is 60.7 Å². The Hall–Kier alpha value is -2.62. The number of carbonyl (C=O) groups excluding carboxylic acids is 2. The molecule has 2 aromatic rings. The van der Waals surface area contributed by atoms with Crippen LogP contribution in [-0.4, -0.2) is 11.9 Å². The Morgan fingerprint density at radius 1 is 0.818 bits per heavy atom. The highest BCUT2D eigenvalue weighted by Gasteiger charge is 2.35. The summed E-state index contributed by atoms with van der Waals surface area (Å²) >= 11 is 0. The van der Waals surface area contributed by atoms with Crippen LogP contribution in [0.3, 0.4) is 0 Å². The molecule has 0 N–H and O–H groups in total. The third-order valence-corrected chi connectivity index (χ3v) is 3.81. The molecule has 2 aromatic carbocycles. The number of carbonyl (C=O) groups is 2. The van der Waals surface area contributed by atoms with Gasteiger partial charge in [-0.3, -0.25) is 0 Å². The van der Waals surface area contributed by atoms with Gasteiger partial charge in [-0.25, -0.2) is 0 Å². The van der Waals surface area contributed by atoms with Gasteiger partial charge < -0.3 is 19.8 Å². The molecule has 0 aliphatic carbocycles. The van der Waals surface area contributed by atoms with Crippen molar-refractivity contribution in [3.05, 3.63) is 71.8 Å². The Morgan fingerprint density at radius 3 is 1.64 bits per heavy atom. The molecule has 0 aromatic heterocycles. The van der Waals surface area contributed by atoms with Gasteiger partial charge in [-0.15, -0.1) is 0 Å². The van der Waals surface area contributed by atoms with Gasteiger partial charge in [0.05, 0.1) is 11.4 Å². The van der Waals surface area contributed by atoms with Gasteiger partial charge in [0.1, 0.15) is 0 Å². The van der Waals surface area contributed by atoms with Gasteiger partial charge in [0.25, 0.3) is 0 Å². The number of hydrogen-bond acceptors (Lipinski definition) is 4. The molecule has 0 unspecified atom stereocenters. The first kappa shape index (κ1) is 15.8. The van der Waals surface area contributed by atoms with Crippen molar-refractivity contribution in [1.29, 1.82) is 0 Å². The fourth-order valence-electron chi connectivity index (χ4n) is 2.74. The zero-order valence-electron chi connectivity index (χ0n) is 12.0. The topological polar surface area (TPSA) is 80.3 Å². The lowest BCUT2D eigenvalue weighted by molar-refractivity contribution is -0.313. The van der Waals surface area contributed by atoms with E-state index in [2.05, 4.69) is 0 Å². The molecule has 4 nitrogen and oxygen atoms in total. The van der Waals surface area contributed by atoms with Crippen molar-refractivity contribution >= 4 is 11.9 Å². The van der Waals surface area contributed by atoms with E-state index in [4.69, 9.17) is 0 Å². The van der Waals surface area contributed by atoms with Gasteiger partial charge in [0, 0.05) is 5.97 Å². The van der Waals surface area contributed by atoms with E-state index in [-0.39, 0.29) is 19.3 Å². The molecule has 0 aliphatic heterocycles. The molecule has 114 valence electrons. The Morgan fingerprint density at radius 2 is 1.27 bits per heavy atom. The second-order valence-electron chi connectivity index (χ2n) is 5.15. The summed E-state index contributed by atoms with van der Waals surface area (Å²) in [6, 6.07) is 17.5. The first-order valence-electron chi connectivity index (χ1n) is 7.09. The van der Waals surface area contributed by atoms with Crippen LogP contribution in [0, 0.1) is 0 Å². The largest absolute Gasteiger partial charge is 0.550 e. The summed E-state index contributed by atoms with van der Waals surface area (Å²) in [5.41, 5.74) is -0.197. The average molecular weight is 296 g/mol. The minimum Gasteiger partial charge on any atom is -0.550 e. The van der Waals surface area contributed by atoms with Crippen LogP contribution in [0.15, 0.2) is 60.7 Å². The number of aliphatic carboxylic acids is 2. The van der Waals surface area contributed by atoms with Crippen molar-refractivity contribution in [3.8, 4) is 0 Å². The number of carboxylic acid groups (broad SMARTS) is 2. The van der Waals surface area contributed by atoms with E-state index in [1.807, 2.05) is 0 Å². The maximum absolute atomic E-state index is 12.0. The normalized spacial score (nSPS) is 11.1. The number of rotatable bonds is 7. The van der Waals surface area contributed by atoms with Crippen molar-refractivity contribution in [3.63, 3.8) is 0 Å². The minimum absolute atomic E-state index is 0.136. The van der Waals surface area contributed by atoms with Crippen LogP contribution in [0.25, 0.3) is 0 Å². The Bertz CT molecular complexity index is 595. The molecule has 0 saturated carbocycles. The van der Waals surface area contributed by atoms with Crippen LogP contribution in [-0.2, 0) is 15.0 Å². The number of carboxylic acids is 2. The van der Waals surface area contributed by atoms with E-state index < -0.39 is 17.4 Å². The molecule has 0 spiro atoms. The van der Waals surface area contributed by atoms with Crippen LogP contribution in [0.5, 0.6) is 0 Å². The van der Waals surface area contributed by atoms with Crippen molar-refractivity contribution < 1.29 is 19.8 Å². The summed E-state index contributed by atoms with van der Waals surface area (Å²) < 4.78 is 0. The summed E-state index contributed by atoms with van der Waals surface area (Å²) in [5, 5.41) is 22.7. The summed E-state index contributed by atoms with van der Waals surface area (Å²) in [6.07, 6.45) is 0.145. The molecule has 0 amide bonds. The molecule has 0 aliphatic rings. The van der Waals surface area contributed by atoms with Gasteiger partial charge in [0.2, 0.25) is 0 Å². The molecular formula is C18H16O4-2. The summed E-state index contributed by atoms with van der Waals surface area (Å²) in [6.45, 7) is 0. The third kappa shape index (κ3) is 3.17. The highest BCUT2D eigenvalue weighted by molar-refractivity contribution is 5.84. The predicted molar refractivity (Wildman–Crippen MR) is 77.5 cm³/mol. The van der Waals surface area contributed by atoms with Crippen LogP contribution in [0.2, 0.25) is 0 Å². The average Bonchev–Trinajstić information content (AvgIpc) is 2.53.